The normalized spacial score (nSPS) is 12.0. The Kier molecular flexibility index (Phi) is 12.0. The number of aryl methyl sites for hydroxylation is 2. The molecule has 3 aromatic rings. The fourth-order valence-electron chi connectivity index (χ4n) is 4.67. The summed E-state index contributed by atoms with van der Waals surface area (Å²) in [5.41, 5.74) is 4.61. The second kappa shape index (κ2) is 15.4. The van der Waals surface area contributed by atoms with Gasteiger partial charge in [0.1, 0.15) is 6.04 Å². The Hall–Kier alpha value is -3.65. The number of carbonyl (C=O) groups excluding carboxylic acids is 2. The van der Waals surface area contributed by atoms with Crippen molar-refractivity contribution in [2.45, 2.75) is 65.5 Å². The summed E-state index contributed by atoms with van der Waals surface area (Å²) in [6, 6.07) is 24.3. The van der Waals surface area contributed by atoms with Gasteiger partial charge in [0, 0.05) is 32.5 Å². The van der Waals surface area contributed by atoms with Crippen molar-refractivity contribution in [3.63, 3.8) is 0 Å². The van der Waals surface area contributed by atoms with Crippen molar-refractivity contribution in [2.75, 3.05) is 23.7 Å². The lowest BCUT2D eigenvalue weighted by Gasteiger charge is -2.32. The van der Waals surface area contributed by atoms with Crippen molar-refractivity contribution in [3.8, 4) is 0 Å². The number of nitrogens with one attached hydrogen (secondary N) is 1. The van der Waals surface area contributed by atoms with Gasteiger partial charge < -0.3 is 10.2 Å². The molecule has 1 atom stereocenters. The van der Waals surface area contributed by atoms with Crippen LogP contribution in [0.2, 0.25) is 0 Å². The highest BCUT2D eigenvalue weighted by Crippen LogP contribution is 2.21. The lowest BCUT2D eigenvalue weighted by Crippen LogP contribution is -2.50. The summed E-state index contributed by atoms with van der Waals surface area (Å²) in [5, 5.41) is 3.03. The lowest BCUT2D eigenvalue weighted by atomic mass is 10.0. The highest BCUT2D eigenvalue weighted by Gasteiger charge is 2.30. The molecule has 7 nitrogen and oxygen atoms in total. The van der Waals surface area contributed by atoms with Gasteiger partial charge in [-0.2, -0.15) is 0 Å². The number of sulfonamides is 1. The number of unbranched alkanes of at least 4 members (excludes halogenated alkanes) is 1. The first-order valence-corrected chi connectivity index (χ1v) is 16.1. The van der Waals surface area contributed by atoms with E-state index in [0.717, 1.165) is 35.1 Å². The van der Waals surface area contributed by atoms with Crippen molar-refractivity contribution >= 4 is 27.5 Å². The van der Waals surface area contributed by atoms with Crippen LogP contribution in [0.15, 0.2) is 78.9 Å². The minimum absolute atomic E-state index is 0.108. The number of hydrogen-bond donors (Lipinski definition) is 1. The summed E-state index contributed by atoms with van der Waals surface area (Å²) in [6.45, 7) is 7.02. The fraction of sp³-hybridized carbons (Fsp3) is 0.394. The van der Waals surface area contributed by atoms with Crippen LogP contribution in [-0.2, 0) is 32.6 Å². The Labute approximate surface area is 245 Å². The number of hydrogen-bond acceptors (Lipinski definition) is 4. The largest absolute Gasteiger partial charge is 0.354 e. The molecule has 220 valence electrons. The molecule has 0 fully saturated rings. The van der Waals surface area contributed by atoms with E-state index in [1.165, 1.54) is 10.6 Å². The van der Waals surface area contributed by atoms with Crippen molar-refractivity contribution in [1.82, 2.24) is 10.2 Å². The molecule has 0 unspecified atom stereocenters. The first-order chi connectivity index (χ1) is 19.6. The third kappa shape index (κ3) is 10.0. The number of anilines is 1. The summed E-state index contributed by atoms with van der Waals surface area (Å²) >= 11 is 0. The minimum Gasteiger partial charge on any atom is -0.354 e. The average Bonchev–Trinajstić information content (AvgIpc) is 2.94. The zero-order chi connectivity index (χ0) is 29.8. The number of rotatable bonds is 15. The minimum atomic E-state index is -3.54. The van der Waals surface area contributed by atoms with Crippen molar-refractivity contribution in [2.24, 2.45) is 0 Å². The topological polar surface area (TPSA) is 86.8 Å². The average molecular weight is 578 g/mol. The van der Waals surface area contributed by atoms with Crippen LogP contribution in [0.5, 0.6) is 0 Å². The zero-order valence-electron chi connectivity index (χ0n) is 24.7. The highest BCUT2D eigenvalue weighted by molar-refractivity contribution is 7.92. The molecule has 3 rings (SSSR count). The van der Waals surface area contributed by atoms with E-state index < -0.39 is 16.1 Å². The number of amides is 2. The van der Waals surface area contributed by atoms with Crippen LogP contribution in [0.1, 0.15) is 54.9 Å². The molecule has 1 N–H and O–H groups in total. The first kappa shape index (κ1) is 31.9. The number of benzene rings is 3. The molecule has 0 aliphatic rings. The van der Waals surface area contributed by atoms with Gasteiger partial charge in [-0.3, -0.25) is 13.9 Å². The highest BCUT2D eigenvalue weighted by atomic mass is 32.2. The summed E-state index contributed by atoms with van der Waals surface area (Å²) in [4.78, 5) is 29.1. The fourth-order valence-corrected chi connectivity index (χ4v) is 5.63. The van der Waals surface area contributed by atoms with E-state index >= 15 is 0 Å². The Morgan fingerprint density at radius 1 is 0.829 bits per heavy atom. The van der Waals surface area contributed by atoms with Gasteiger partial charge in [-0.05, 0) is 49.9 Å². The van der Waals surface area contributed by atoms with Crippen LogP contribution in [0.4, 0.5) is 5.69 Å². The molecular weight excluding hydrogens is 534 g/mol. The molecule has 0 saturated heterocycles. The molecule has 0 saturated carbocycles. The second-order valence-corrected chi connectivity index (χ2v) is 12.5. The van der Waals surface area contributed by atoms with Crippen LogP contribution in [0, 0.1) is 13.8 Å². The molecule has 0 heterocycles. The maximum absolute atomic E-state index is 13.9. The Morgan fingerprint density at radius 2 is 1.44 bits per heavy atom. The van der Waals surface area contributed by atoms with Gasteiger partial charge >= 0.3 is 0 Å². The van der Waals surface area contributed by atoms with Gasteiger partial charge in [-0.15, -0.1) is 0 Å². The molecule has 0 aliphatic heterocycles. The molecule has 0 bridgehead atoms. The van der Waals surface area contributed by atoms with Crippen LogP contribution in [-0.4, -0.2) is 50.5 Å². The van der Waals surface area contributed by atoms with Gasteiger partial charge in [0.05, 0.1) is 11.9 Å². The zero-order valence-corrected chi connectivity index (χ0v) is 25.5. The van der Waals surface area contributed by atoms with Gasteiger partial charge in [0.2, 0.25) is 21.8 Å². The molecular formula is C33H43N3O4S. The number of carbonyl (C=O) groups is 2. The molecule has 0 aromatic heterocycles. The standard InChI is InChI=1S/C33H43N3O4S/c1-5-6-22-34-33(38)31(24-28-11-8-7-9-12-28)35(25-29-18-14-26(2)15-19-29)32(37)13-10-23-36(41(4,39)40)30-20-16-27(3)17-21-30/h7-9,11-12,14-21,31H,5-6,10,13,22-25H2,1-4H3,(H,34,38)/t31-/m0/s1. The molecule has 2 amide bonds. The third-order valence-electron chi connectivity index (χ3n) is 7.05. The van der Waals surface area contributed by atoms with Gasteiger partial charge in [0.15, 0.2) is 0 Å². The van der Waals surface area contributed by atoms with Gasteiger partial charge in [-0.1, -0.05) is 91.2 Å². The molecule has 41 heavy (non-hydrogen) atoms. The summed E-state index contributed by atoms with van der Waals surface area (Å²) < 4.78 is 26.5. The summed E-state index contributed by atoms with van der Waals surface area (Å²) in [5.74, 6) is -0.366. The SMILES string of the molecule is CCCCNC(=O)[C@H](Cc1ccccc1)N(Cc1ccc(C)cc1)C(=O)CCCN(c1ccc(C)cc1)S(C)(=O)=O. The van der Waals surface area contributed by atoms with E-state index in [1.807, 2.05) is 80.6 Å². The van der Waals surface area contributed by atoms with Crippen molar-refractivity contribution < 1.29 is 18.0 Å². The van der Waals surface area contributed by atoms with E-state index in [4.69, 9.17) is 0 Å². The second-order valence-electron chi connectivity index (χ2n) is 10.6. The van der Waals surface area contributed by atoms with Gasteiger partial charge in [-0.25, -0.2) is 8.42 Å². The lowest BCUT2D eigenvalue weighted by molar-refractivity contribution is -0.141. The number of nitrogens with zero attached hydrogens (tertiary/aromatic N) is 2. The van der Waals surface area contributed by atoms with Gasteiger partial charge in [0.25, 0.3) is 0 Å². The monoisotopic (exact) mass is 577 g/mol. The first-order valence-electron chi connectivity index (χ1n) is 14.3. The van der Waals surface area contributed by atoms with E-state index in [-0.39, 0.29) is 31.3 Å². The van der Waals surface area contributed by atoms with Crippen molar-refractivity contribution in [3.05, 3.63) is 101 Å². The van der Waals surface area contributed by atoms with Crippen LogP contribution < -0.4 is 9.62 Å². The Morgan fingerprint density at radius 3 is 2.02 bits per heavy atom. The van der Waals surface area contributed by atoms with Crippen LogP contribution in [0.25, 0.3) is 0 Å². The maximum atomic E-state index is 13.9. The van der Waals surface area contributed by atoms with E-state index in [2.05, 4.69) is 12.2 Å². The molecule has 8 heteroatoms. The Bertz CT molecular complexity index is 1360. The summed E-state index contributed by atoms with van der Waals surface area (Å²) in [6.07, 6.45) is 3.80. The maximum Gasteiger partial charge on any atom is 0.243 e. The molecule has 0 aliphatic carbocycles. The van der Waals surface area contributed by atoms with Crippen molar-refractivity contribution in [1.29, 1.82) is 0 Å². The quantitative estimate of drug-likeness (QED) is 0.245. The predicted octanol–water partition coefficient (Wildman–Crippen LogP) is 5.41. The molecule has 3 aromatic carbocycles. The molecule has 0 radical (unpaired) electrons. The smallest absolute Gasteiger partial charge is 0.243 e. The van der Waals surface area contributed by atoms with Crippen LogP contribution >= 0.6 is 0 Å². The van der Waals surface area contributed by atoms with Crippen LogP contribution in [0.3, 0.4) is 0 Å². The van der Waals surface area contributed by atoms with E-state index in [0.29, 0.717) is 25.1 Å². The molecule has 0 spiro atoms. The predicted molar refractivity (Wildman–Crippen MR) is 166 cm³/mol. The third-order valence-corrected chi connectivity index (χ3v) is 8.24. The Balaban J connectivity index is 1.86. The van der Waals surface area contributed by atoms with E-state index in [1.54, 1.807) is 17.0 Å². The summed E-state index contributed by atoms with van der Waals surface area (Å²) in [7, 11) is -3.54. The van der Waals surface area contributed by atoms with E-state index in [9.17, 15) is 18.0 Å².